The monoisotopic (exact) mass is 450 g/mol. The molecule has 0 atom stereocenters. The number of rotatable bonds is 6. The first-order valence-corrected chi connectivity index (χ1v) is 11.2. The summed E-state index contributed by atoms with van der Waals surface area (Å²) < 4.78 is 11.8. The second-order valence-corrected chi connectivity index (χ2v) is 8.29. The normalized spacial score (nSPS) is 21.0. The molecule has 33 heavy (non-hydrogen) atoms. The van der Waals surface area contributed by atoms with Gasteiger partial charge in [-0.05, 0) is 37.8 Å². The van der Waals surface area contributed by atoms with Crippen molar-refractivity contribution < 1.29 is 19.4 Å². The number of carboxylic acids is 1. The zero-order valence-corrected chi connectivity index (χ0v) is 18.2. The molecular weight excluding hydrogens is 424 g/mol. The van der Waals surface area contributed by atoms with E-state index < -0.39 is 5.97 Å². The molecule has 2 N–H and O–H groups in total. The van der Waals surface area contributed by atoms with Crippen LogP contribution in [-0.2, 0) is 4.74 Å². The summed E-state index contributed by atoms with van der Waals surface area (Å²) in [5.41, 5.74) is 0.784. The van der Waals surface area contributed by atoms with Gasteiger partial charge in [0.25, 0.3) is 0 Å². The predicted octanol–water partition coefficient (Wildman–Crippen LogP) is 2.76. The Hall–Kier alpha value is -3.53. The SMILES string of the molecule is O=C(O)c1cnc2cc(N3CCOCC3)nc(O[C@H]3CC[C@@H](Nc4ncccn4)CC3)c2c1. The number of carboxylic acid groups (broad SMARTS) is 1. The predicted molar refractivity (Wildman–Crippen MR) is 122 cm³/mol. The number of morpholine rings is 1. The van der Waals surface area contributed by atoms with E-state index in [9.17, 15) is 9.90 Å². The van der Waals surface area contributed by atoms with Crippen LogP contribution in [0.2, 0.25) is 0 Å². The van der Waals surface area contributed by atoms with E-state index in [1.54, 1.807) is 24.5 Å². The van der Waals surface area contributed by atoms with Crippen LogP contribution >= 0.6 is 0 Å². The molecule has 1 saturated carbocycles. The van der Waals surface area contributed by atoms with E-state index in [4.69, 9.17) is 14.5 Å². The molecule has 0 bridgehead atoms. The van der Waals surface area contributed by atoms with Crippen molar-refractivity contribution >= 4 is 28.6 Å². The van der Waals surface area contributed by atoms with Gasteiger partial charge in [-0.2, -0.15) is 4.98 Å². The molecule has 10 heteroatoms. The summed E-state index contributed by atoms with van der Waals surface area (Å²) in [4.78, 5) is 31.3. The summed E-state index contributed by atoms with van der Waals surface area (Å²) >= 11 is 0. The van der Waals surface area contributed by atoms with Crippen molar-refractivity contribution in [3.63, 3.8) is 0 Å². The van der Waals surface area contributed by atoms with Crippen molar-refractivity contribution in [2.24, 2.45) is 0 Å². The van der Waals surface area contributed by atoms with E-state index in [1.165, 1.54) is 6.20 Å². The molecule has 3 aromatic heterocycles. The maximum absolute atomic E-state index is 11.5. The fourth-order valence-corrected chi connectivity index (χ4v) is 4.28. The molecular formula is C23H26N6O4. The van der Waals surface area contributed by atoms with E-state index >= 15 is 0 Å². The van der Waals surface area contributed by atoms with Crippen LogP contribution in [0.5, 0.6) is 5.88 Å². The van der Waals surface area contributed by atoms with Gasteiger partial charge in [-0.3, -0.25) is 4.98 Å². The second-order valence-electron chi connectivity index (χ2n) is 8.29. The molecule has 2 fully saturated rings. The lowest BCUT2D eigenvalue weighted by Gasteiger charge is -2.31. The Morgan fingerprint density at radius 1 is 1.09 bits per heavy atom. The number of fused-ring (bicyclic) bond motifs is 1. The average molecular weight is 450 g/mol. The van der Waals surface area contributed by atoms with Gasteiger partial charge >= 0.3 is 5.97 Å². The van der Waals surface area contributed by atoms with Crippen LogP contribution in [0.15, 0.2) is 36.8 Å². The molecule has 0 unspecified atom stereocenters. The van der Waals surface area contributed by atoms with Crippen LogP contribution < -0.4 is 15.0 Å². The lowest BCUT2D eigenvalue weighted by molar-refractivity contribution is 0.0696. The Balaban J connectivity index is 1.35. The number of pyridine rings is 2. The Labute approximate surface area is 191 Å². The lowest BCUT2D eigenvalue weighted by Crippen LogP contribution is -2.37. The van der Waals surface area contributed by atoms with Crippen molar-refractivity contribution in [3.8, 4) is 5.88 Å². The standard InChI is InChI=1S/C23H26N6O4/c30-22(31)15-12-18-19(26-14-15)13-20(29-8-10-32-11-9-29)28-21(18)33-17-4-2-16(3-5-17)27-23-24-6-1-7-25-23/h1,6-7,12-14,16-17H,2-5,8-11H2,(H,30,31)(H,24,25,27)/t16-,17+. The van der Waals surface area contributed by atoms with Crippen LogP contribution in [0.4, 0.5) is 11.8 Å². The fourth-order valence-electron chi connectivity index (χ4n) is 4.28. The Bertz CT molecular complexity index is 1110. The highest BCUT2D eigenvalue weighted by Gasteiger charge is 2.25. The lowest BCUT2D eigenvalue weighted by atomic mass is 9.93. The highest BCUT2D eigenvalue weighted by atomic mass is 16.5. The zero-order chi connectivity index (χ0) is 22.6. The van der Waals surface area contributed by atoms with Gasteiger partial charge in [0, 0.05) is 43.8 Å². The van der Waals surface area contributed by atoms with Gasteiger partial charge in [0.05, 0.1) is 29.7 Å². The quantitative estimate of drug-likeness (QED) is 0.579. The molecule has 0 aromatic carbocycles. The second kappa shape index (κ2) is 9.53. The molecule has 5 rings (SSSR count). The van der Waals surface area contributed by atoms with Gasteiger partial charge in [-0.25, -0.2) is 14.8 Å². The van der Waals surface area contributed by atoms with E-state index in [2.05, 4.69) is 25.2 Å². The van der Waals surface area contributed by atoms with Crippen LogP contribution in [0.3, 0.4) is 0 Å². The molecule has 3 aromatic rings. The van der Waals surface area contributed by atoms with Gasteiger partial charge in [-0.15, -0.1) is 0 Å². The average Bonchev–Trinajstić information content (AvgIpc) is 2.86. The van der Waals surface area contributed by atoms with Gasteiger partial charge in [0.15, 0.2) is 0 Å². The summed E-state index contributed by atoms with van der Waals surface area (Å²) in [5, 5.41) is 13.4. The Morgan fingerprint density at radius 2 is 1.85 bits per heavy atom. The Kier molecular flexibility index (Phi) is 6.16. The first kappa shape index (κ1) is 21.3. The number of aromatic carboxylic acids is 1. The number of hydrogen-bond acceptors (Lipinski definition) is 9. The summed E-state index contributed by atoms with van der Waals surface area (Å²) in [5.74, 6) is 0.822. The topological polar surface area (TPSA) is 123 Å². The summed E-state index contributed by atoms with van der Waals surface area (Å²) in [7, 11) is 0. The molecule has 1 aliphatic heterocycles. The van der Waals surface area contributed by atoms with Gasteiger partial charge in [0.1, 0.15) is 11.9 Å². The molecule has 10 nitrogen and oxygen atoms in total. The fraction of sp³-hybridized carbons (Fsp3) is 0.435. The van der Waals surface area contributed by atoms with Crippen molar-refractivity contribution in [2.75, 3.05) is 36.5 Å². The number of hydrogen-bond donors (Lipinski definition) is 2. The number of nitrogens with one attached hydrogen (secondary N) is 1. The maximum Gasteiger partial charge on any atom is 0.337 e. The first-order valence-electron chi connectivity index (χ1n) is 11.2. The van der Waals surface area contributed by atoms with E-state index in [0.29, 0.717) is 35.9 Å². The first-order chi connectivity index (χ1) is 16.2. The van der Waals surface area contributed by atoms with Crippen LogP contribution in [0, 0.1) is 0 Å². The maximum atomic E-state index is 11.5. The van der Waals surface area contributed by atoms with Crippen molar-refractivity contribution in [1.29, 1.82) is 0 Å². The summed E-state index contributed by atoms with van der Waals surface area (Å²) in [6.45, 7) is 2.76. The van der Waals surface area contributed by atoms with Crippen LogP contribution in [0.25, 0.3) is 10.9 Å². The molecule has 0 spiro atoms. The van der Waals surface area contributed by atoms with E-state index in [-0.39, 0.29) is 17.7 Å². The minimum Gasteiger partial charge on any atom is -0.478 e. The highest BCUT2D eigenvalue weighted by Crippen LogP contribution is 2.32. The van der Waals surface area contributed by atoms with Crippen molar-refractivity contribution in [2.45, 2.75) is 37.8 Å². The smallest absolute Gasteiger partial charge is 0.337 e. The van der Waals surface area contributed by atoms with Crippen molar-refractivity contribution in [3.05, 3.63) is 42.4 Å². The molecule has 0 amide bonds. The summed E-state index contributed by atoms with van der Waals surface area (Å²) in [6, 6.07) is 5.57. The molecule has 172 valence electrons. The third-order valence-electron chi connectivity index (χ3n) is 6.06. The minimum atomic E-state index is -1.03. The molecule has 0 radical (unpaired) electrons. The third kappa shape index (κ3) is 4.95. The third-order valence-corrected chi connectivity index (χ3v) is 6.06. The molecule has 1 aliphatic carbocycles. The van der Waals surface area contributed by atoms with Gasteiger partial charge in [0.2, 0.25) is 11.8 Å². The van der Waals surface area contributed by atoms with Crippen LogP contribution in [-0.4, -0.2) is 69.5 Å². The molecule has 1 saturated heterocycles. The van der Waals surface area contributed by atoms with E-state index in [1.807, 2.05) is 6.07 Å². The van der Waals surface area contributed by atoms with Gasteiger partial charge in [-0.1, -0.05) is 0 Å². The highest BCUT2D eigenvalue weighted by molar-refractivity contribution is 5.94. The number of ether oxygens (including phenoxy) is 2. The summed E-state index contributed by atoms with van der Waals surface area (Å²) in [6.07, 6.45) is 8.35. The molecule has 4 heterocycles. The number of anilines is 2. The zero-order valence-electron chi connectivity index (χ0n) is 18.2. The van der Waals surface area contributed by atoms with Gasteiger partial charge < -0.3 is 24.8 Å². The van der Waals surface area contributed by atoms with Crippen LogP contribution in [0.1, 0.15) is 36.0 Å². The number of nitrogens with zero attached hydrogens (tertiary/aromatic N) is 5. The minimum absolute atomic E-state index is 0.0103. The number of carbonyl (C=O) groups is 1. The molecule has 2 aliphatic rings. The van der Waals surface area contributed by atoms with E-state index in [0.717, 1.165) is 44.6 Å². The Morgan fingerprint density at radius 3 is 2.58 bits per heavy atom. The number of aromatic nitrogens is 4. The van der Waals surface area contributed by atoms with Crippen molar-refractivity contribution in [1.82, 2.24) is 19.9 Å². The largest absolute Gasteiger partial charge is 0.478 e.